The van der Waals surface area contributed by atoms with E-state index in [-0.39, 0.29) is 18.1 Å². The first-order chi connectivity index (χ1) is 17.9. The van der Waals surface area contributed by atoms with Crippen LogP contribution < -0.4 is 10.3 Å². The molecule has 1 unspecified atom stereocenters. The average Bonchev–Trinajstić information content (AvgIpc) is 2.91. The number of amides is 1. The Morgan fingerprint density at radius 2 is 1.65 bits per heavy atom. The second kappa shape index (κ2) is 12.0. The highest BCUT2D eigenvalue weighted by Gasteiger charge is 2.29. The highest BCUT2D eigenvalue weighted by Crippen LogP contribution is 2.27. The van der Waals surface area contributed by atoms with Gasteiger partial charge in [-0.15, -0.1) is 0 Å². The molecule has 0 spiro atoms. The van der Waals surface area contributed by atoms with Gasteiger partial charge in [0.15, 0.2) is 6.61 Å². The summed E-state index contributed by atoms with van der Waals surface area (Å²) in [6, 6.07) is 23.1. The third-order valence-electron chi connectivity index (χ3n) is 6.16. The Morgan fingerprint density at radius 1 is 0.973 bits per heavy atom. The van der Waals surface area contributed by atoms with Gasteiger partial charge in [0, 0.05) is 18.1 Å². The SMILES string of the molecule is CCC(c1nc2ccccc2c(=O)n1-c1ccc(Cl)cc1)N(CCN(C)C)C(=O)COc1ccccc1. The molecule has 1 atom stereocenters. The van der Waals surface area contributed by atoms with Crippen LogP contribution in [0.25, 0.3) is 16.6 Å². The molecule has 0 saturated carbocycles. The van der Waals surface area contributed by atoms with E-state index >= 15 is 0 Å². The van der Waals surface area contributed by atoms with Crippen molar-refractivity contribution in [3.05, 3.63) is 100 Å². The Labute approximate surface area is 221 Å². The molecule has 1 amide bonds. The molecule has 37 heavy (non-hydrogen) atoms. The lowest BCUT2D eigenvalue weighted by molar-refractivity contribution is -0.136. The minimum absolute atomic E-state index is 0.118. The van der Waals surface area contributed by atoms with Crippen molar-refractivity contribution in [3.63, 3.8) is 0 Å². The minimum atomic E-state index is -0.459. The van der Waals surface area contributed by atoms with Crippen LogP contribution in [0.3, 0.4) is 0 Å². The number of likely N-dealkylation sites (N-methyl/N-ethyl adjacent to an activating group) is 1. The molecule has 0 saturated heterocycles. The highest BCUT2D eigenvalue weighted by molar-refractivity contribution is 6.30. The van der Waals surface area contributed by atoms with E-state index in [1.165, 1.54) is 0 Å². The Morgan fingerprint density at radius 3 is 2.32 bits per heavy atom. The van der Waals surface area contributed by atoms with E-state index in [0.29, 0.717) is 52.7 Å². The molecule has 0 aliphatic rings. The van der Waals surface area contributed by atoms with Crippen LogP contribution in [0.4, 0.5) is 0 Å². The maximum Gasteiger partial charge on any atom is 0.266 e. The lowest BCUT2D eigenvalue weighted by Gasteiger charge is -2.33. The number of para-hydroxylation sites is 2. The minimum Gasteiger partial charge on any atom is -0.484 e. The molecule has 192 valence electrons. The summed E-state index contributed by atoms with van der Waals surface area (Å²) in [6.45, 7) is 2.97. The van der Waals surface area contributed by atoms with Gasteiger partial charge in [-0.05, 0) is 69.0 Å². The summed E-state index contributed by atoms with van der Waals surface area (Å²) in [5, 5.41) is 1.08. The van der Waals surface area contributed by atoms with Crippen LogP contribution in [0.1, 0.15) is 25.2 Å². The van der Waals surface area contributed by atoms with Gasteiger partial charge in [-0.25, -0.2) is 4.98 Å². The van der Waals surface area contributed by atoms with Crippen molar-refractivity contribution in [2.24, 2.45) is 0 Å². The van der Waals surface area contributed by atoms with Crippen LogP contribution in [0.5, 0.6) is 5.75 Å². The fraction of sp³-hybridized carbons (Fsp3) is 0.276. The van der Waals surface area contributed by atoms with E-state index in [1.54, 1.807) is 39.8 Å². The summed E-state index contributed by atoms with van der Waals surface area (Å²) < 4.78 is 7.40. The summed E-state index contributed by atoms with van der Waals surface area (Å²) in [5.41, 5.74) is 1.04. The van der Waals surface area contributed by atoms with E-state index in [0.717, 1.165) is 0 Å². The molecule has 8 heteroatoms. The maximum absolute atomic E-state index is 13.8. The van der Waals surface area contributed by atoms with Gasteiger partial charge in [0.2, 0.25) is 0 Å². The molecule has 0 aliphatic heterocycles. The molecule has 0 radical (unpaired) electrons. The standard InChI is InChI=1S/C29H31ClN4O3/c1-4-26(33(19-18-32(2)3)27(35)20-37-23-10-6-5-7-11-23)28-31-25-13-9-8-12-24(25)29(36)34(28)22-16-14-21(30)15-17-22/h5-17,26H,4,18-20H2,1-3H3. The number of hydrogen-bond donors (Lipinski definition) is 0. The highest BCUT2D eigenvalue weighted by atomic mass is 35.5. The van der Waals surface area contributed by atoms with Gasteiger partial charge >= 0.3 is 0 Å². The Hall–Kier alpha value is -3.68. The van der Waals surface area contributed by atoms with Gasteiger partial charge in [-0.3, -0.25) is 14.2 Å². The molecule has 1 aromatic heterocycles. The molecule has 0 aliphatic carbocycles. The zero-order valence-corrected chi connectivity index (χ0v) is 22.1. The molecule has 4 rings (SSSR count). The van der Waals surface area contributed by atoms with Gasteiger partial charge < -0.3 is 14.5 Å². The predicted octanol–water partition coefficient (Wildman–Crippen LogP) is 4.96. The summed E-state index contributed by atoms with van der Waals surface area (Å²) >= 11 is 6.14. The van der Waals surface area contributed by atoms with E-state index in [1.807, 2.05) is 74.4 Å². The Kier molecular flexibility index (Phi) is 8.58. The van der Waals surface area contributed by atoms with Crippen molar-refractivity contribution in [3.8, 4) is 11.4 Å². The second-order valence-electron chi connectivity index (χ2n) is 9.02. The summed E-state index contributed by atoms with van der Waals surface area (Å²) in [5.74, 6) is 0.946. The van der Waals surface area contributed by atoms with Crippen molar-refractivity contribution < 1.29 is 9.53 Å². The van der Waals surface area contributed by atoms with E-state index in [2.05, 4.69) is 0 Å². The topological polar surface area (TPSA) is 67.7 Å². The molecular weight excluding hydrogens is 488 g/mol. The van der Waals surface area contributed by atoms with Crippen LogP contribution in [0, 0.1) is 0 Å². The lowest BCUT2D eigenvalue weighted by atomic mass is 10.1. The number of carbonyl (C=O) groups excluding carboxylic acids is 1. The normalized spacial score (nSPS) is 12.0. The van der Waals surface area contributed by atoms with Gasteiger partial charge in [-0.2, -0.15) is 0 Å². The van der Waals surface area contributed by atoms with Crippen LogP contribution >= 0.6 is 11.6 Å². The molecule has 0 N–H and O–H groups in total. The molecular formula is C29H31ClN4O3. The lowest BCUT2D eigenvalue weighted by Crippen LogP contribution is -2.43. The fourth-order valence-electron chi connectivity index (χ4n) is 4.26. The summed E-state index contributed by atoms with van der Waals surface area (Å²) in [7, 11) is 3.92. The number of nitrogens with zero attached hydrogens (tertiary/aromatic N) is 4. The summed E-state index contributed by atoms with van der Waals surface area (Å²) in [6.07, 6.45) is 0.558. The third-order valence-corrected chi connectivity index (χ3v) is 6.41. The Balaban J connectivity index is 1.81. The first-order valence-corrected chi connectivity index (χ1v) is 12.7. The van der Waals surface area contributed by atoms with Crippen molar-refractivity contribution in [2.75, 3.05) is 33.8 Å². The average molecular weight is 519 g/mol. The Bertz CT molecular complexity index is 1400. The van der Waals surface area contributed by atoms with Crippen LogP contribution in [0.2, 0.25) is 5.02 Å². The number of fused-ring (bicyclic) bond motifs is 1. The molecule has 0 bridgehead atoms. The van der Waals surface area contributed by atoms with Crippen LogP contribution in [-0.2, 0) is 4.79 Å². The van der Waals surface area contributed by atoms with Crippen molar-refractivity contribution in [1.82, 2.24) is 19.4 Å². The van der Waals surface area contributed by atoms with E-state index in [4.69, 9.17) is 21.3 Å². The van der Waals surface area contributed by atoms with Gasteiger partial charge in [0.05, 0.1) is 22.6 Å². The number of benzene rings is 3. The van der Waals surface area contributed by atoms with Gasteiger partial charge in [-0.1, -0.05) is 48.9 Å². The monoisotopic (exact) mass is 518 g/mol. The fourth-order valence-corrected chi connectivity index (χ4v) is 4.39. The molecule has 3 aromatic carbocycles. The molecule has 4 aromatic rings. The van der Waals surface area contributed by atoms with Gasteiger partial charge in [0.25, 0.3) is 11.5 Å². The molecule has 0 fully saturated rings. The van der Waals surface area contributed by atoms with E-state index < -0.39 is 6.04 Å². The number of aromatic nitrogens is 2. The summed E-state index contributed by atoms with van der Waals surface area (Å²) in [4.78, 5) is 36.1. The smallest absolute Gasteiger partial charge is 0.266 e. The zero-order chi connectivity index (χ0) is 26.4. The largest absolute Gasteiger partial charge is 0.484 e. The van der Waals surface area contributed by atoms with Crippen molar-refractivity contribution in [2.45, 2.75) is 19.4 Å². The zero-order valence-electron chi connectivity index (χ0n) is 21.3. The van der Waals surface area contributed by atoms with Crippen molar-refractivity contribution >= 4 is 28.4 Å². The second-order valence-corrected chi connectivity index (χ2v) is 9.46. The number of rotatable bonds is 10. The van der Waals surface area contributed by atoms with E-state index in [9.17, 15) is 9.59 Å². The third kappa shape index (κ3) is 6.18. The number of hydrogen-bond acceptors (Lipinski definition) is 5. The first-order valence-electron chi connectivity index (χ1n) is 12.3. The first kappa shape index (κ1) is 26.4. The van der Waals surface area contributed by atoms with Crippen LogP contribution in [-0.4, -0.2) is 59.0 Å². The van der Waals surface area contributed by atoms with Gasteiger partial charge in [0.1, 0.15) is 11.6 Å². The quantitative estimate of drug-likeness (QED) is 0.297. The number of ether oxygens (including phenoxy) is 1. The predicted molar refractivity (Wildman–Crippen MR) is 148 cm³/mol. The molecule has 7 nitrogen and oxygen atoms in total. The maximum atomic E-state index is 13.8. The molecule has 1 heterocycles. The number of carbonyl (C=O) groups is 1. The van der Waals surface area contributed by atoms with Crippen LogP contribution in [0.15, 0.2) is 83.7 Å². The number of halogens is 1. The van der Waals surface area contributed by atoms with Crippen molar-refractivity contribution in [1.29, 1.82) is 0 Å².